The Kier molecular flexibility index (Phi) is 4.01. The van der Waals surface area contributed by atoms with Gasteiger partial charge in [0.25, 0.3) is 5.56 Å². The van der Waals surface area contributed by atoms with Gasteiger partial charge in [-0.2, -0.15) is 5.10 Å². The molecule has 25 heavy (non-hydrogen) atoms. The number of likely N-dealkylation sites (tertiary alicyclic amines) is 1. The van der Waals surface area contributed by atoms with E-state index in [1.54, 1.807) is 30.5 Å². The Balaban J connectivity index is 1.53. The molecule has 1 aromatic carbocycles. The van der Waals surface area contributed by atoms with Crippen LogP contribution in [-0.4, -0.2) is 48.2 Å². The highest BCUT2D eigenvalue weighted by Crippen LogP contribution is 2.19. The molecule has 3 heterocycles. The molecule has 1 atom stereocenters. The van der Waals surface area contributed by atoms with Gasteiger partial charge in [0, 0.05) is 18.9 Å². The molecule has 1 aliphatic rings. The lowest BCUT2D eigenvalue weighted by molar-refractivity contribution is -0.133. The van der Waals surface area contributed by atoms with Gasteiger partial charge in [-0.3, -0.25) is 14.3 Å². The molecule has 128 valence electrons. The van der Waals surface area contributed by atoms with E-state index < -0.39 is 0 Å². The number of fused-ring (bicyclic) bond motifs is 1. The zero-order valence-electron chi connectivity index (χ0n) is 13.7. The highest BCUT2D eigenvalue weighted by atomic mass is 16.2. The van der Waals surface area contributed by atoms with Gasteiger partial charge in [0.05, 0.1) is 18.0 Å². The molecule has 3 aromatic rings. The molecular formula is C17H18N6O2. The summed E-state index contributed by atoms with van der Waals surface area (Å²) in [5.41, 5.74) is 0.246. The first kappa shape index (κ1) is 15.5. The van der Waals surface area contributed by atoms with E-state index in [9.17, 15) is 9.59 Å². The lowest BCUT2D eigenvalue weighted by atomic mass is 10.2. The highest BCUT2D eigenvalue weighted by molar-refractivity contribution is 5.78. The predicted octanol–water partition coefficient (Wildman–Crippen LogP) is 0.679. The largest absolute Gasteiger partial charge is 0.336 e. The maximum atomic E-state index is 12.7. The third-order valence-corrected chi connectivity index (χ3v) is 4.57. The standard InChI is InChI=1S/C17H18N6O2/c24-16(22-10-3-5-13(22)11-21-9-4-8-18-21)12-23-17(25)14-6-1-2-7-15(14)19-20-23/h1-2,4,6-9,13H,3,5,10-12H2. The smallest absolute Gasteiger partial charge is 0.278 e. The Morgan fingerprint density at radius 2 is 2.12 bits per heavy atom. The van der Waals surface area contributed by atoms with Crippen molar-refractivity contribution in [2.24, 2.45) is 0 Å². The van der Waals surface area contributed by atoms with Crippen molar-refractivity contribution in [3.8, 4) is 0 Å². The van der Waals surface area contributed by atoms with Crippen molar-refractivity contribution < 1.29 is 4.79 Å². The molecule has 2 aromatic heterocycles. The van der Waals surface area contributed by atoms with Crippen LogP contribution in [0, 0.1) is 0 Å². The molecule has 1 saturated heterocycles. The van der Waals surface area contributed by atoms with Crippen molar-refractivity contribution >= 4 is 16.8 Å². The van der Waals surface area contributed by atoms with Crippen molar-refractivity contribution in [2.45, 2.75) is 32.0 Å². The second-order valence-corrected chi connectivity index (χ2v) is 6.18. The molecule has 4 rings (SSSR count). The summed E-state index contributed by atoms with van der Waals surface area (Å²) in [7, 11) is 0. The van der Waals surface area contributed by atoms with Gasteiger partial charge >= 0.3 is 0 Å². The van der Waals surface area contributed by atoms with Crippen LogP contribution in [-0.2, 0) is 17.9 Å². The van der Waals surface area contributed by atoms with Crippen LogP contribution >= 0.6 is 0 Å². The summed E-state index contributed by atoms with van der Waals surface area (Å²) in [6.45, 7) is 1.27. The van der Waals surface area contributed by atoms with Crippen LogP contribution in [0.5, 0.6) is 0 Å². The molecule has 0 spiro atoms. The minimum atomic E-state index is -0.290. The number of carbonyl (C=O) groups is 1. The number of hydrogen-bond donors (Lipinski definition) is 0. The number of rotatable bonds is 4. The number of aromatic nitrogens is 5. The van der Waals surface area contributed by atoms with E-state index in [2.05, 4.69) is 15.4 Å². The molecule has 1 unspecified atom stereocenters. The summed E-state index contributed by atoms with van der Waals surface area (Å²) in [6, 6.07) is 8.97. The maximum Gasteiger partial charge on any atom is 0.278 e. The van der Waals surface area contributed by atoms with Crippen molar-refractivity contribution in [1.82, 2.24) is 29.7 Å². The molecule has 1 aliphatic heterocycles. The van der Waals surface area contributed by atoms with Crippen LogP contribution in [0.4, 0.5) is 0 Å². The van der Waals surface area contributed by atoms with E-state index >= 15 is 0 Å². The average molecular weight is 338 g/mol. The normalized spacial score (nSPS) is 17.3. The van der Waals surface area contributed by atoms with Gasteiger partial charge < -0.3 is 4.90 Å². The van der Waals surface area contributed by atoms with E-state index in [0.29, 0.717) is 24.0 Å². The molecular weight excluding hydrogens is 320 g/mol. The average Bonchev–Trinajstić information content (AvgIpc) is 3.30. The Bertz CT molecular complexity index is 949. The second kappa shape index (κ2) is 6.46. The number of nitrogens with zero attached hydrogens (tertiary/aromatic N) is 6. The van der Waals surface area contributed by atoms with Crippen LogP contribution in [0.2, 0.25) is 0 Å². The van der Waals surface area contributed by atoms with E-state index in [0.717, 1.165) is 17.5 Å². The lowest BCUT2D eigenvalue weighted by Crippen LogP contribution is -2.42. The molecule has 1 fully saturated rings. The summed E-state index contributed by atoms with van der Waals surface area (Å²) < 4.78 is 2.98. The van der Waals surface area contributed by atoms with Crippen LogP contribution in [0.25, 0.3) is 10.9 Å². The molecule has 0 bridgehead atoms. The highest BCUT2D eigenvalue weighted by Gasteiger charge is 2.29. The van der Waals surface area contributed by atoms with Gasteiger partial charge in [0.1, 0.15) is 12.1 Å². The number of carbonyl (C=O) groups excluding carboxylic acids is 1. The molecule has 0 radical (unpaired) electrons. The minimum Gasteiger partial charge on any atom is -0.336 e. The fourth-order valence-electron chi connectivity index (χ4n) is 3.32. The van der Waals surface area contributed by atoms with Crippen molar-refractivity contribution in [3.63, 3.8) is 0 Å². The Morgan fingerprint density at radius 1 is 1.24 bits per heavy atom. The van der Waals surface area contributed by atoms with Crippen molar-refractivity contribution in [3.05, 3.63) is 53.1 Å². The summed E-state index contributed by atoms with van der Waals surface area (Å²) >= 11 is 0. The van der Waals surface area contributed by atoms with E-state index in [4.69, 9.17) is 0 Å². The summed E-state index contributed by atoms with van der Waals surface area (Å²) in [5, 5.41) is 12.6. The van der Waals surface area contributed by atoms with E-state index in [1.807, 2.05) is 21.8 Å². The first-order valence-corrected chi connectivity index (χ1v) is 8.32. The zero-order valence-corrected chi connectivity index (χ0v) is 13.7. The SMILES string of the molecule is O=C(Cn1nnc2ccccc2c1=O)N1CCCC1Cn1cccn1. The molecule has 1 amide bonds. The monoisotopic (exact) mass is 338 g/mol. The molecule has 0 saturated carbocycles. The third kappa shape index (κ3) is 3.02. The fourth-order valence-corrected chi connectivity index (χ4v) is 3.32. The van der Waals surface area contributed by atoms with Crippen molar-refractivity contribution in [2.75, 3.05) is 6.54 Å². The minimum absolute atomic E-state index is 0.0910. The zero-order chi connectivity index (χ0) is 17.2. The maximum absolute atomic E-state index is 12.7. The van der Waals surface area contributed by atoms with Gasteiger partial charge in [0.2, 0.25) is 5.91 Å². The Labute approximate surface area is 143 Å². The van der Waals surface area contributed by atoms with Gasteiger partial charge in [0.15, 0.2) is 0 Å². The van der Waals surface area contributed by atoms with Gasteiger partial charge in [-0.05, 0) is 31.0 Å². The van der Waals surface area contributed by atoms with Crippen LogP contribution < -0.4 is 5.56 Å². The van der Waals surface area contributed by atoms with Crippen molar-refractivity contribution in [1.29, 1.82) is 0 Å². The fraction of sp³-hybridized carbons (Fsp3) is 0.353. The van der Waals surface area contributed by atoms with E-state index in [1.165, 1.54) is 0 Å². The second-order valence-electron chi connectivity index (χ2n) is 6.18. The van der Waals surface area contributed by atoms with Gasteiger partial charge in [-0.15, -0.1) is 5.10 Å². The summed E-state index contributed by atoms with van der Waals surface area (Å²) in [5.74, 6) is -0.110. The summed E-state index contributed by atoms with van der Waals surface area (Å²) in [4.78, 5) is 27.0. The molecule has 0 N–H and O–H groups in total. The van der Waals surface area contributed by atoms with Gasteiger partial charge in [-0.1, -0.05) is 17.3 Å². The Morgan fingerprint density at radius 3 is 2.96 bits per heavy atom. The first-order chi connectivity index (χ1) is 12.2. The quantitative estimate of drug-likeness (QED) is 0.698. The first-order valence-electron chi connectivity index (χ1n) is 8.32. The van der Waals surface area contributed by atoms with Crippen LogP contribution in [0.3, 0.4) is 0 Å². The number of amides is 1. The third-order valence-electron chi connectivity index (χ3n) is 4.57. The molecule has 0 aliphatic carbocycles. The predicted molar refractivity (Wildman–Crippen MR) is 90.8 cm³/mol. The lowest BCUT2D eigenvalue weighted by Gasteiger charge is -2.24. The summed E-state index contributed by atoms with van der Waals surface area (Å²) in [6.07, 6.45) is 5.51. The van der Waals surface area contributed by atoms with E-state index in [-0.39, 0.29) is 24.1 Å². The van der Waals surface area contributed by atoms with Crippen LogP contribution in [0.1, 0.15) is 12.8 Å². The Hall–Kier alpha value is -3.03. The molecule has 8 nitrogen and oxygen atoms in total. The number of hydrogen-bond acceptors (Lipinski definition) is 5. The topological polar surface area (TPSA) is 85.9 Å². The number of benzene rings is 1. The van der Waals surface area contributed by atoms with Crippen LogP contribution in [0.15, 0.2) is 47.5 Å². The van der Waals surface area contributed by atoms with Gasteiger partial charge in [-0.25, -0.2) is 4.68 Å². The molecule has 8 heteroatoms.